The second kappa shape index (κ2) is 4.63. The van der Waals surface area contributed by atoms with E-state index in [0.717, 1.165) is 17.1 Å². The molecule has 1 aliphatic rings. The van der Waals surface area contributed by atoms with Crippen molar-refractivity contribution in [2.24, 2.45) is 0 Å². The summed E-state index contributed by atoms with van der Waals surface area (Å²) in [6.07, 6.45) is 7.11. The predicted octanol–water partition coefficient (Wildman–Crippen LogP) is 3.39. The minimum Gasteiger partial charge on any atom is -0.472 e. The maximum absolute atomic E-state index is 5.13. The van der Waals surface area contributed by atoms with Crippen LogP contribution in [0, 0.1) is 0 Å². The highest BCUT2D eigenvalue weighted by molar-refractivity contribution is 7.15. The summed E-state index contributed by atoms with van der Waals surface area (Å²) in [7, 11) is 0. The van der Waals surface area contributed by atoms with E-state index in [1.165, 1.54) is 29.8 Å². The summed E-state index contributed by atoms with van der Waals surface area (Å²) in [5.74, 6) is 0. The largest absolute Gasteiger partial charge is 0.472 e. The van der Waals surface area contributed by atoms with Gasteiger partial charge in [-0.15, -0.1) is 11.3 Å². The lowest BCUT2D eigenvalue weighted by Gasteiger charge is -2.21. The van der Waals surface area contributed by atoms with E-state index in [-0.39, 0.29) is 0 Å². The van der Waals surface area contributed by atoms with Gasteiger partial charge in [0.25, 0.3) is 0 Å². The van der Waals surface area contributed by atoms with Gasteiger partial charge in [0.2, 0.25) is 0 Å². The van der Waals surface area contributed by atoms with Crippen molar-refractivity contribution >= 4 is 11.3 Å². The number of aryl methyl sites for hydroxylation is 1. The molecule has 1 N–H and O–H groups in total. The maximum atomic E-state index is 5.13. The van der Waals surface area contributed by atoms with Gasteiger partial charge in [0.15, 0.2) is 0 Å². The van der Waals surface area contributed by atoms with Gasteiger partial charge in [-0.1, -0.05) is 6.92 Å². The average molecular weight is 248 g/mol. The van der Waals surface area contributed by atoms with Crippen LogP contribution in [0.5, 0.6) is 0 Å². The number of thiazole rings is 1. The third-order valence-corrected chi connectivity index (χ3v) is 4.35. The van der Waals surface area contributed by atoms with Gasteiger partial charge in [0.05, 0.1) is 18.0 Å². The second-order valence-electron chi connectivity index (χ2n) is 4.34. The first kappa shape index (κ1) is 11.0. The Balaban J connectivity index is 1.96. The van der Waals surface area contributed by atoms with Crippen molar-refractivity contribution in [3.05, 3.63) is 29.2 Å². The molecule has 0 bridgehead atoms. The van der Waals surface area contributed by atoms with Crippen molar-refractivity contribution in [3.63, 3.8) is 0 Å². The molecule has 0 amide bonds. The van der Waals surface area contributed by atoms with Crippen molar-refractivity contribution in [2.45, 2.75) is 32.2 Å². The van der Waals surface area contributed by atoms with Crippen LogP contribution >= 0.6 is 11.3 Å². The fourth-order valence-electron chi connectivity index (χ4n) is 2.37. The average Bonchev–Trinajstić information content (AvgIpc) is 2.98. The highest BCUT2D eigenvalue weighted by Crippen LogP contribution is 2.37. The van der Waals surface area contributed by atoms with Gasteiger partial charge >= 0.3 is 0 Å². The fourth-order valence-corrected chi connectivity index (χ4v) is 3.52. The molecule has 1 unspecified atom stereocenters. The molecular formula is C13H16N2OS. The molecule has 2 aromatic rings. The van der Waals surface area contributed by atoms with Crippen LogP contribution < -0.4 is 5.32 Å². The zero-order chi connectivity index (χ0) is 11.7. The Bertz CT molecular complexity index is 489. The molecule has 3 rings (SSSR count). The van der Waals surface area contributed by atoms with Crippen molar-refractivity contribution < 1.29 is 4.42 Å². The smallest absolute Gasteiger partial charge is 0.127 e. The first-order valence-corrected chi connectivity index (χ1v) is 6.95. The number of hydrogen-bond acceptors (Lipinski definition) is 4. The molecule has 2 heterocycles. The summed E-state index contributed by atoms with van der Waals surface area (Å²) in [5, 5.41) is 4.61. The van der Waals surface area contributed by atoms with E-state index in [1.807, 2.05) is 17.4 Å². The minimum absolute atomic E-state index is 0.445. The normalized spacial score (nSPS) is 19.2. The Hall–Kier alpha value is -1.13. The van der Waals surface area contributed by atoms with Crippen LogP contribution in [0.4, 0.5) is 0 Å². The lowest BCUT2D eigenvalue weighted by molar-refractivity contribution is 0.465. The van der Waals surface area contributed by atoms with Crippen LogP contribution in [-0.4, -0.2) is 11.5 Å². The van der Waals surface area contributed by atoms with Crippen LogP contribution in [0.25, 0.3) is 10.6 Å². The Morgan fingerprint density at radius 3 is 3.29 bits per heavy atom. The summed E-state index contributed by atoms with van der Waals surface area (Å²) >= 11 is 1.81. The number of nitrogens with one attached hydrogen (secondary N) is 1. The van der Waals surface area contributed by atoms with Crippen LogP contribution in [0.1, 0.15) is 36.4 Å². The van der Waals surface area contributed by atoms with E-state index in [2.05, 4.69) is 12.2 Å². The number of fused-ring (bicyclic) bond motifs is 1. The predicted molar refractivity (Wildman–Crippen MR) is 69.2 cm³/mol. The van der Waals surface area contributed by atoms with Gasteiger partial charge < -0.3 is 9.73 Å². The highest BCUT2D eigenvalue weighted by atomic mass is 32.1. The number of nitrogens with zero attached hydrogens (tertiary/aromatic N) is 1. The molecule has 2 aromatic heterocycles. The number of rotatable bonds is 3. The van der Waals surface area contributed by atoms with Crippen molar-refractivity contribution in [3.8, 4) is 10.6 Å². The molecule has 1 aliphatic carbocycles. The Kier molecular flexibility index (Phi) is 2.99. The molecule has 0 fully saturated rings. The Morgan fingerprint density at radius 2 is 2.53 bits per heavy atom. The topological polar surface area (TPSA) is 38.1 Å². The quantitative estimate of drug-likeness (QED) is 0.904. The Morgan fingerprint density at radius 1 is 1.59 bits per heavy atom. The van der Waals surface area contributed by atoms with Crippen molar-refractivity contribution in [1.29, 1.82) is 0 Å². The molecule has 0 spiro atoms. The van der Waals surface area contributed by atoms with Gasteiger partial charge in [-0.05, 0) is 31.9 Å². The SMILES string of the molecule is CCNC1CCCc2sc(-c3ccoc3)nc21. The van der Waals surface area contributed by atoms with Crippen molar-refractivity contribution in [2.75, 3.05) is 6.54 Å². The van der Waals surface area contributed by atoms with Gasteiger partial charge in [-0.2, -0.15) is 0 Å². The van der Waals surface area contributed by atoms with E-state index in [1.54, 1.807) is 12.5 Å². The lowest BCUT2D eigenvalue weighted by atomic mass is 9.98. The van der Waals surface area contributed by atoms with Gasteiger partial charge in [-0.25, -0.2) is 4.98 Å². The summed E-state index contributed by atoms with van der Waals surface area (Å²) < 4.78 is 5.13. The van der Waals surface area contributed by atoms with Crippen LogP contribution in [0.2, 0.25) is 0 Å². The van der Waals surface area contributed by atoms with Gasteiger partial charge in [-0.3, -0.25) is 0 Å². The molecule has 17 heavy (non-hydrogen) atoms. The zero-order valence-corrected chi connectivity index (χ0v) is 10.7. The van der Waals surface area contributed by atoms with Crippen molar-refractivity contribution in [1.82, 2.24) is 10.3 Å². The molecule has 4 heteroatoms. The lowest BCUT2D eigenvalue weighted by Crippen LogP contribution is -2.24. The summed E-state index contributed by atoms with van der Waals surface area (Å²) in [6, 6.07) is 2.42. The van der Waals surface area contributed by atoms with E-state index in [0.29, 0.717) is 6.04 Å². The second-order valence-corrected chi connectivity index (χ2v) is 5.43. The molecule has 0 radical (unpaired) electrons. The summed E-state index contributed by atoms with van der Waals surface area (Å²) in [6.45, 7) is 3.15. The monoisotopic (exact) mass is 248 g/mol. The molecule has 90 valence electrons. The van der Waals surface area contributed by atoms with Gasteiger partial charge in [0, 0.05) is 10.4 Å². The van der Waals surface area contributed by atoms with Crippen LogP contribution in [-0.2, 0) is 6.42 Å². The number of hydrogen-bond donors (Lipinski definition) is 1. The molecular weight excluding hydrogens is 232 g/mol. The molecule has 3 nitrogen and oxygen atoms in total. The van der Waals surface area contributed by atoms with Crippen LogP contribution in [0.15, 0.2) is 23.0 Å². The molecule has 0 aromatic carbocycles. The third-order valence-electron chi connectivity index (χ3n) is 3.17. The Labute approximate surface area is 105 Å². The number of aromatic nitrogens is 1. The van der Waals surface area contributed by atoms with E-state index >= 15 is 0 Å². The number of furan rings is 1. The van der Waals surface area contributed by atoms with E-state index in [4.69, 9.17) is 9.40 Å². The molecule has 1 atom stereocenters. The van der Waals surface area contributed by atoms with E-state index < -0.39 is 0 Å². The summed E-state index contributed by atoms with van der Waals surface area (Å²) in [4.78, 5) is 6.23. The fraction of sp³-hybridized carbons (Fsp3) is 0.462. The maximum Gasteiger partial charge on any atom is 0.127 e. The molecule has 0 saturated carbocycles. The van der Waals surface area contributed by atoms with Gasteiger partial charge in [0.1, 0.15) is 11.3 Å². The molecule has 0 aliphatic heterocycles. The minimum atomic E-state index is 0.445. The first-order chi connectivity index (χ1) is 8.38. The summed E-state index contributed by atoms with van der Waals surface area (Å²) in [5.41, 5.74) is 2.36. The van der Waals surface area contributed by atoms with E-state index in [9.17, 15) is 0 Å². The zero-order valence-electron chi connectivity index (χ0n) is 9.90. The first-order valence-electron chi connectivity index (χ1n) is 6.14. The third kappa shape index (κ3) is 2.03. The van der Waals surface area contributed by atoms with Crippen LogP contribution in [0.3, 0.4) is 0 Å². The standard InChI is InChI=1S/C13H16N2OS/c1-2-14-10-4-3-5-11-12(10)15-13(17-11)9-6-7-16-8-9/h6-8,10,14H,2-5H2,1H3. The highest BCUT2D eigenvalue weighted by Gasteiger charge is 2.24. The molecule has 0 saturated heterocycles.